The maximum Gasteiger partial charge on any atom is 0.410 e. The summed E-state index contributed by atoms with van der Waals surface area (Å²) in [6.45, 7) is 11.8. The molecule has 4 aliphatic heterocycles. The third kappa shape index (κ3) is 8.36. The number of hydrogen-bond donors (Lipinski definition) is 3. The zero-order chi connectivity index (χ0) is 42.3. The number of nitrogens with zero attached hydrogens (tertiary/aromatic N) is 5. The number of amides is 4. The van der Waals surface area contributed by atoms with Crippen molar-refractivity contribution in [2.75, 3.05) is 39.9 Å². The predicted octanol–water partition coefficient (Wildman–Crippen LogP) is 6.87. The maximum atomic E-state index is 13.9. The fourth-order valence-electron chi connectivity index (χ4n) is 8.99. The van der Waals surface area contributed by atoms with Crippen LogP contribution in [-0.2, 0) is 23.8 Å². The quantitative estimate of drug-likeness (QED) is 0.163. The molecule has 4 fully saturated rings. The van der Waals surface area contributed by atoms with Gasteiger partial charge in [0.25, 0.3) is 0 Å². The molecule has 0 radical (unpaired) electrons. The second-order valence-corrected chi connectivity index (χ2v) is 18.0. The number of ether oxygens (including phenoxy) is 3. The van der Waals surface area contributed by atoms with E-state index in [1.54, 1.807) is 11.1 Å². The van der Waals surface area contributed by atoms with E-state index in [0.29, 0.717) is 39.2 Å². The summed E-state index contributed by atoms with van der Waals surface area (Å²) in [5.74, 6) is 0.946. The summed E-state index contributed by atoms with van der Waals surface area (Å²) in [4.78, 5) is 73.8. The van der Waals surface area contributed by atoms with E-state index in [2.05, 4.69) is 68.8 Å². The van der Waals surface area contributed by atoms with Gasteiger partial charge in [0, 0.05) is 32.7 Å². The number of carbonyl (C=O) groups is 4. The van der Waals surface area contributed by atoms with Crippen LogP contribution in [0.25, 0.3) is 33.6 Å². The Labute approximate surface area is 350 Å². The Morgan fingerprint density at radius 1 is 0.850 bits per heavy atom. The summed E-state index contributed by atoms with van der Waals surface area (Å²) in [5, 5.41) is 2.70. The molecule has 6 heterocycles. The topological polar surface area (TPSA) is 175 Å². The number of benzene rings is 2. The summed E-state index contributed by atoms with van der Waals surface area (Å²) >= 11 is 0. The molecule has 2 aromatic heterocycles. The van der Waals surface area contributed by atoms with Crippen molar-refractivity contribution in [1.29, 1.82) is 0 Å². The Bertz CT molecular complexity index is 2200. The second-order valence-electron chi connectivity index (χ2n) is 18.0. The van der Waals surface area contributed by atoms with Crippen LogP contribution < -0.4 is 5.32 Å². The number of likely N-dealkylation sites (tertiary alicyclic amines) is 3. The van der Waals surface area contributed by atoms with Gasteiger partial charge >= 0.3 is 12.2 Å². The van der Waals surface area contributed by atoms with Gasteiger partial charge in [0.05, 0.1) is 61.0 Å². The molecule has 0 aliphatic carbocycles. The van der Waals surface area contributed by atoms with Crippen molar-refractivity contribution >= 4 is 24.0 Å². The first-order valence-electron chi connectivity index (χ1n) is 21.1. The Balaban J connectivity index is 0.916. The molecule has 0 unspecified atom stereocenters. The largest absolute Gasteiger partial charge is 0.453 e. The number of hydrogen-bond acceptors (Lipinski definition) is 9. The molecule has 2 aromatic carbocycles. The van der Waals surface area contributed by atoms with Crippen LogP contribution >= 0.6 is 0 Å². The number of rotatable bonds is 9. The fraction of sp³-hybridized carbons (Fsp3) is 0.511. The Morgan fingerprint density at radius 2 is 1.43 bits per heavy atom. The van der Waals surface area contributed by atoms with Crippen LogP contribution in [0.15, 0.2) is 60.9 Å². The first kappa shape index (κ1) is 41.1. The van der Waals surface area contributed by atoms with Gasteiger partial charge in [-0.2, -0.15) is 0 Å². The summed E-state index contributed by atoms with van der Waals surface area (Å²) in [5.41, 5.74) is 4.83. The van der Waals surface area contributed by atoms with Crippen molar-refractivity contribution < 1.29 is 33.4 Å². The summed E-state index contributed by atoms with van der Waals surface area (Å²) in [6.07, 6.45) is 6.80. The third-order valence-corrected chi connectivity index (χ3v) is 12.2. The van der Waals surface area contributed by atoms with Gasteiger partial charge in [-0.3, -0.25) is 9.59 Å². The molecule has 0 saturated carbocycles. The number of nitrogens with one attached hydrogen (secondary N) is 3. The number of imidazole rings is 2. The molecule has 3 N–H and O–H groups in total. The van der Waals surface area contributed by atoms with Gasteiger partial charge in [0.1, 0.15) is 23.3 Å². The van der Waals surface area contributed by atoms with Gasteiger partial charge in [0.15, 0.2) is 0 Å². The molecule has 4 amide bonds. The van der Waals surface area contributed by atoms with Crippen LogP contribution in [0.4, 0.5) is 9.59 Å². The average molecular weight is 821 g/mol. The first-order valence-corrected chi connectivity index (χ1v) is 21.1. The molecule has 60 heavy (non-hydrogen) atoms. The zero-order valence-electron chi connectivity index (χ0n) is 35.3. The van der Waals surface area contributed by atoms with Gasteiger partial charge in [-0.05, 0) is 74.6 Å². The molecule has 0 bridgehead atoms. The molecular formula is C45H56N8O7. The lowest BCUT2D eigenvalue weighted by atomic mass is 9.96. The maximum absolute atomic E-state index is 13.9. The molecule has 1 spiro atoms. The van der Waals surface area contributed by atoms with Crippen molar-refractivity contribution in [2.45, 2.75) is 96.1 Å². The minimum Gasteiger partial charge on any atom is -0.453 e. The highest BCUT2D eigenvalue weighted by Crippen LogP contribution is 2.45. The van der Waals surface area contributed by atoms with Gasteiger partial charge < -0.3 is 44.2 Å². The second kappa shape index (κ2) is 16.4. The lowest BCUT2D eigenvalue weighted by Crippen LogP contribution is -2.57. The van der Waals surface area contributed by atoms with E-state index in [0.717, 1.165) is 71.0 Å². The van der Waals surface area contributed by atoms with E-state index >= 15 is 0 Å². The molecule has 15 heteroatoms. The molecule has 4 atom stereocenters. The monoisotopic (exact) mass is 820 g/mol. The number of aromatic amines is 2. The van der Waals surface area contributed by atoms with E-state index < -0.39 is 17.7 Å². The van der Waals surface area contributed by atoms with Crippen molar-refractivity contribution in [3.05, 3.63) is 72.6 Å². The molecular weight excluding hydrogens is 765 g/mol. The van der Waals surface area contributed by atoms with E-state index in [1.807, 2.05) is 50.6 Å². The van der Waals surface area contributed by atoms with Crippen LogP contribution in [0.2, 0.25) is 0 Å². The summed E-state index contributed by atoms with van der Waals surface area (Å²) < 4.78 is 16.5. The van der Waals surface area contributed by atoms with Gasteiger partial charge in [-0.1, -0.05) is 62.4 Å². The molecule has 4 saturated heterocycles. The number of alkyl carbamates (subject to hydrolysis) is 1. The highest BCUT2D eigenvalue weighted by atomic mass is 16.6. The van der Waals surface area contributed by atoms with Crippen LogP contribution in [-0.4, -0.2) is 116 Å². The van der Waals surface area contributed by atoms with Crippen molar-refractivity contribution in [2.24, 2.45) is 11.8 Å². The van der Waals surface area contributed by atoms with E-state index in [4.69, 9.17) is 19.2 Å². The fourth-order valence-corrected chi connectivity index (χ4v) is 8.99. The lowest BCUT2D eigenvalue weighted by Gasteiger charge is -2.41. The van der Waals surface area contributed by atoms with Crippen LogP contribution in [0.1, 0.15) is 90.5 Å². The van der Waals surface area contributed by atoms with Gasteiger partial charge in [-0.15, -0.1) is 0 Å². The van der Waals surface area contributed by atoms with Gasteiger partial charge in [-0.25, -0.2) is 19.6 Å². The van der Waals surface area contributed by atoms with E-state index in [9.17, 15) is 19.2 Å². The van der Waals surface area contributed by atoms with E-state index in [-0.39, 0.29) is 47.4 Å². The van der Waals surface area contributed by atoms with Gasteiger partial charge in [0.2, 0.25) is 11.8 Å². The summed E-state index contributed by atoms with van der Waals surface area (Å²) in [7, 11) is 1.29. The molecule has 15 nitrogen and oxygen atoms in total. The normalized spacial score (nSPS) is 22.4. The smallest absolute Gasteiger partial charge is 0.410 e. The highest BCUT2D eigenvalue weighted by molar-refractivity contribution is 5.86. The van der Waals surface area contributed by atoms with Crippen LogP contribution in [0, 0.1) is 11.8 Å². The zero-order valence-corrected chi connectivity index (χ0v) is 35.3. The van der Waals surface area contributed by atoms with Crippen molar-refractivity contribution in [3.63, 3.8) is 0 Å². The first-order chi connectivity index (χ1) is 28.7. The van der Waals surface area contributed by atoms with Crippen LogP contribution in [0.5, 0.6) is 0 Å². The summed E-state index contributed by atoms with van der Waals surface area (Å²) in [6, 6.07) is 15.4. The molecule has 8 rings (SSSR count). The predicted molar refractivity (Wildman–Crippen MR) is 223 cm³/mol. The Hall–Kier alpha value is -5.70. The Kier molecular flexibility index (Phi) is 11.2. The number of methoxy groups -OCH3 is 1. The van der Waals surface area contributed by atoms with Crippen molar-refractivity contribution in [3.8, 4) is 33.6 Å². The number of aromatic nitrogens is 4. The van der Waals surface area contributed by atoms with E-state index in [1.165, 1.54) is 7.11 Å². The molecule has 4 aromatic rings. The number of carbonyl (C=O) groups excluding carboxylic acids is 4. The minimum absolute atomic E-state index is 0.0204. The van der Waals surface area contributed by atoms with Crippen molar-refractivity contribution in [1.82, 2.24) is 40.0 Å². The Morgan fingerprint density at radius 3 is 1.97 bits per heavy atom. The lowest BCUT2D eigenvalue weighted by molar-refractivity contribution is -0.142. The third-order valence-electron chi connectivity index (χ3n) is 12.2. The molecule has 4 aliphatic rings. The minimum atomic E-state index is -0.690. The standard InChI is InChI=1S/C45H56N8O7/c1-27(2)37(50-42(56)58-6)41(55)52-19-7-9-35(52)38-46-22-33(48-38)30-14-10-28(11-15-30)29-12-16-31(17-13-29)34-23-47-39(49-34)36-21-45(18-8-20-59-45)26-53(36)40(54)32-24-51(25-32)43(57)60-44(3,4)5/h10-17,22-23,27,32,35-37H,7-9,18-21,24-26H2,1-6H3,(H,46,48)(H,47,49)(H,50,56)/t35-,36-,37-,45-/m0/s1. The average Bonchev–Trinajstić information content (AvgIpc) is 4.06. The highest BCUT2D eigenvalue weighted by Gasteiger charge is 2.52. The molecule has 318 valence electrons. The van der Waals surface area contributed by atoms with Crippen LogP contribution in [0.3, 0.4) is 0 Å². The SMILES string of the molecule is COC(=O)N[C@H](C(=O)N1CCC[C@H]1c1ncc(-c2ccc(-c3ccc(-c4cnc([C@@H]5C[C@@]6(CCCO6)CN5C(=O)C5CN(C(=O)OC(C)(C)C)C5)[nH]4)cc3)cc2)[nH]1)C(C)C. The number of H-pyrrole nitrogens is 2.